The average Bonchev–Trinajstić information content (AvgIpc) is 4.07. The first-order valence-corrected chi connectivity index (χ1v) is 28.7. The minimum atomic E-state index is -0.519. The summed E-state index contributed by atoms with van der Waals surface area (Å²) >= 11 is 0. The second-order valence-corrected chi connectivity index (χ2v) is 26.0. The maximum absolute atomic E-state index is 2.71. The van der Waals surface area contributed by atoms with Gasteiger partial charge in [-0.2, -0.15) is 0 Å². The molecule has 76 heavy (non-hydrogen) atoms. The number of benzene rings is 9. The van der Waals surface area contributed by atoms with E-state index in [1.165, 1.54) is 138 Å². The smallest absolute Gasteiger partial charge is 0.0719 e. The number of fused-ring (bicyclic) bond motifs is 12. The third kappa shape index (κ3) is 6.63. The summed E-state index contributed by atoms with van der Waals surface area (Å²) in [5.74, 6) is 3.01. The Labute approximate surface area is 451 Å². The molecule has 0 amide bonds. The van der Waals surface area contributed by atoms with Gasteiger partial charge in [0.1, 0.15) is 0 Å². The summed E-state index contributed by atoms with van der Waals surface area (Å²) in [7, 11) is 0. The summed E-state index contributed by atoms with van der Waals surface area (Å²) in [5.41, 5.74) is 28.4. The van der Waals surface area contributed by atoms with Crippen LogP contribution in [-0.4, -0.2) is 0 Å². The molecule has 0 aromatic heterocycles. The summed E-state index contributed by atoms with van der Waals surface area (Å²) in [6.45, 7) is 14.2. The molecule has 7 aliphatic carbocycles. The Balaban J connectivity index is 0.979. The van der Waals surface area contributed by atoms with Crippen LogP contribution in [0.3, 0.4) is 0 Å². The molecule has 374 valence electrons. The van der Waals surface area contributed by atoms with Gasteiger partial charge in [-0.25, -0.2) is 0 Å². The Morgan fingerprint density at radius 2 is 0.842 bits per heavy atom. The van der Waals surface area contributed by atoms with Gasteiger partial charge in [0.05, 0.1) is 11.1 Å². The fraction of sp³-hybridized carbons (Fsp3) is 0.280. The average molecular weight is 984 g/mol. The first kappa shape index (κ1) is 46.1. The van der Waals surface area contributed by atoms with E-state index in [0.29, 0.717) is 11.8 Å². The normalized spacial score (nSPS) is 21.9. The van der Waals surface area contributed by atoms with Gasteiger partial charge in [-0.3, -0.25) is 0 Å². The minimum absolute atomic E-state index is 0.0164. The lowest BCUT2D eigenvalue weighted by Crippen LogP contribution is -2.55. The Bertz CT molecular complexity index is 3690. The van der Waals surface area contributed by atoms with E-state index < -0.39 is 5.41 Å². The zero-order valence-electron chi connectivity index (χ0n) is 45.3. The van der Waals surface area contributed by atoms with E-state index in [1.807, 2.05) is 0 Å². The monoisotopic (exact) mass is 984 g/mol. The van der Waals surface area contributed by atoms with E-state index in [1.54, 1.807) is 11.1 Å². The van der Waals surface area contributed by atoms with Crippen molar-refractivity contribution in [2.45, 2.75) is 108 Å². The highest BCUT2D eigenvalue weighted by Crippen LogP contribution is 2.71. The number of aryl methyl sites for hydroxylation is 2. The van der Waals surface area contributed by atoms with Crippen LogP contribution in [0.2, 0.25) is 0 Å². The Hall–Kier alpha value is -7.22. The zero-order chi connectivity index (χ0) is 51.3. The van der Waals surface area contributed by atoms with Gasteiger partial charge in [0.25, 0.3) is 0 Å². The van der Waals surface area contributed by atoms with Gasteiger partial charge in [-0.1, -0.05) is 211 Å². The van der Waals surface area contributed by atoms with Crippen molar-refractivity contribution in [3.8, 4) is 44.5 Å². The highest BCUT2D eigenvalue weighted by Gasteiger charge is 2.62. The molecule has 0 N–H and O–H groups in total. The summed E-state index contributed by atoms with van der Waals surface area (Å²) < 4.78 is 0. The van der Waals surface area contributed by atoms with Gasteiger partial charge in [0.15, 0.2) is 0 Å². The zero-order valence-corrected chi connectivity index (χ0v) is 45.3. The predicted molar refractivity (Wildman–Crippen MR) is 317 cm³/mol. The molecule has 4 saturated carbocycles. The summed E-state index contributed by atoms with van der Waals surface area (Å²) in [6, 6.07) is 78.6. The number of rotatable bonds is 5. The van der Waals surface area contributed by atoms with Crippen molar-refractivity contribution in [3.63, 3.8) is 0 Å². The number of anilines is 3. The first-order valence-electron chi connectivity index (χ1n) is 28.7. The van der Waals surface area contributed by atoms with Crippen LogP contribution in [0.25, 0.3) is 44.5 Å². The SMILES string of the molecule is CC(C)(C)c1ccc2c(c1)CCc1cc(C(C)(C)C)ccc1C21c2ccccc2-c2ccc(N(c3ccc(-c4ccc(-c5ccccc5)cc4)cc3)c3cccc4c3C3(c5ccccc5-4)C4CC5CC(C4)CC3C5)cc21. The molecule has 4 fully saturated rings. The molecule has 9 aromatic carbocycles. The van der Waals surface area contributed by atoms with E-state index >= 15 is 0 Å². The molecule has 0 heterocycles. The molecular formula is C75H69N. The minimum Gasteiger partial charge on any atom is -0.310 e. The molecule has 0 radical (unpaired) electrons. The molecule has 7 aliphatic rings. The Kier molecular flexibility index (Phi) is 10.1. The van der Waals surface area contributed by atoms with Crippen LogP contribution in [0, 0.1) is 23.7 Å². The lowest BCUT2D eigenvalue weighted by molar-refractivity contribution is -0.0397. The van der Waals surface area contributed by atoms with Crippen LogP contribution in [0.4, 0.5) is 17.1 Å². The number of nitrogens with zero attached hydrogens (tertiary/aromatic N) is 1. The van der Waals surface area contributed by atoms with Gasteiger partial charge >= 0.3 is 0 Å². The van der Waals surface area contributed by atoms with Gasteiger partial charge < -0.3 is 4.90 Å². The van der Waals surface area contributed by atoms with Crippen molar-refractivity contribution in [2.75, 3.05) is 4.90 Å². The maximum atomic E-state index is 2.71. The van der Waals surface area contributed by atoms with Crippen molar-refractivity contribution in [2.24, 2.45) is 23.7 Å². The number of hydrogen-bond acceptors (Lipinski definition) is 1. The molecule has 1 heteroatoms. The molecule has 0 atom stereocenters. The highest BCUT2D eigenvalue weighted by atomic mass is 15.1. The first-order chi connectivity index (χ1) is 36.9. The van der Waals surface area contributed by atoms with Crippen LogP contribution < -0.4 is 4.90 Å². The molecule has 4 bridgehead atoms. The Morgan fingerprint density at radius 3 is 1.42 bits per heavy atom. The van der Waals surface area contributed by atoms with Crippen LogP contribution in [0.1, 0.15) is 129 Å². The summed E-state index contributed by atoms with van der Waals surface area (Å²) in [6.07, 6.45) is 8.84. The third-order valence-corrected chi connectivity index (χ3v) is 19.9. The number of hydrogen-bond donors (Lipinski definition) is 0. The van der Waals surface area contributed by atoms with Gasteiger partial charge in [-0.05, 0) is 210 Å². The highest BCUT2D eigenvalue weighted by molar-refractivity contribution is 5.94. The van der Waals surface area contributed by atoms with E-state index in [-0.39, 0.29) is 16.2 Å². The summed E-state index contributed by atoms with van der Waals surface area (Å²) in [4.78, 5) is 2.71. The molecule has 16 rings (SSSR count). The Morgan fingerprint density at radius 1 is 0.368 bits per heavy atom. The van der Waals surface area contributed by atoms with E-state index in [2.05, 4.69) is 247 Å². The van der Waals surface area contributed by atoms with Gasteiger partial charge in [0.2, 0.25) is 0 Å². The fourth-order valence-corrected chi connectivity index (χ4v) is 16.8. The molecule has 0 aliphatic heterocycles. The summed E-state index contributed by atoms with van der Waals surface area (Å²) in [5, 5.41) is 0. The van der Waals surface area contributed by atoms with E-state index in [0.717, 1.165) is 24.7 Å². The van der Waals surface area contributed by atoms with Crippen LogP contribution in [0.5, 0.6) is 0 Å². The second-order valence-electron chi connectivity index (χ2n) is 26.0. The van der Waals surface area contributed by atoms with Crippen molar-refractivity contribution < 1.29 is 0 Å². The second kappa shape index (κ2) is 16.6. The predicted octanol–water partition coefficient (Wildman–Crippen LogP) is 19.3. The molecular weight excluding hydrogens is 915 g/mol. The van der Waals surface area contributed by atoms with Crippen LogP contribution in [0.15, 0.2) is 200 Å². The van der Waals surface area contributed by atoms with Crippen molar-refractivity contribution in [1.29, 1.82) is 0 Å². The van der Waals surface area contributed by atoms with Crippen molar-refractivity contribution in [3.05, 3.63) is 256 Å². The van der Waals surface area contributed by atoms with E-state index in [4.69, 9.17) is 0 Å². The molecule has 0 saturated heterocycles. The third-order valence-electron chi connectivity index (χ3n) is 19.9. The maximum Gasteiger partial charge on any atom is 0.0719 e. The molecule has 0 unspecified atom stereocenters. The van der Waals surface area contributed by atoms with Crippen LogP contribution >= 0.6 is 0 Å². The van der Waals surface area contributed by atoms with Crippen molar-refractivity contribution >= 4 is 17.1 Å². The quantitative estimate of drug-likeness (QED) is 0.166. The lowest BCUT2D eigenvalue weighted by atomic mass is 9.43. The van der Waals surface area contributed by atoms with Crippen molar-refractivity contribution in [1.82, 2.24) is 0 Å². The largest absolute Gasteiger partial charge is 0.310 e. The molecule has 2 spiro atoms. The molecule has 1 nitrogen and oxygen atoms in total. The molecule has 9 aromatic rings. The van der Waals surface area contributed by atoms with E-state index in [9.17, 15) is 0 Å². The van der Waals surface area contributed by atoms with Gasteiger partial charge in [0, 0.05) is 16.8 Å². The van der Waals surface area contributed by atoms with Crippen LogP contribution in [-0.2, 0) is 34.5 Å². The fourth-order valence-electron chi connectivity index (χ4n) is 16.8. The standard InChI is InChI=1S/C75H69N/c1-72(2,3)55-31-37-65-53(44-55)27-28-54-45-56(73(4,5)6)32-38-66(54)75(65)68-21-13-10-17-61(68)63-36-35-60(46-69(63)75)76(59-33-29-52(30-34-59)51-25-23-50(24-26-51)49-15-8-7-9-16-49)70-22-14-19-64-62-18-11-12-20-67(62)74(71(64)70)57-40-47-39-48(42-57)43-58(74)41-47/h7-26,29-38,44-48,57-58H,27-28,39-43H2,1-6H3. The lowest BCUT2D eigenvalue weighted by Gasteiger charge is -2.61. The van der Waals surface area contributed by atoms with Gasteiger partial charge in [-0.15, -0.1) is 0 Å². The topological polar surface area (TPSA) is 3.24 Å².